The van der Waals surface area contributed by atoms with E-state index >= 15 is 0 Å². The van der Waals surface area contributed by atoms with E-state index in [1.54, 1.807) is 24.3 Å². The van der Waals surface area contributed by atoms with Crippen LogP contribution in [0, 0.1) is 20.2 Å². The molecule has 0 saturated heterocycles. The molecule has 0 aliphatic carbocycles. The third-order valence-electron chi connectivity index (χ3n) is 5.32. The van der Waals surface area contributed by atoms with Crippen LogP contribution in [0.25, 0.3) is 0 Å². The number of ether oxygens (including phenoxy) is 4. The number of nitro groups is 2. The first kappa shape index (κ1) is 29.2. The molecule has 0 amide bonds. The van der Waals surface area contributed by atoms with Gasteiger partial charge in [0.25, 0.3) is 0 Å². The smallest absolute Gasteiger partial charge is 0.315 e. The van der Waals surface area contributed by atoms with Crippen molar-refractivity contribution in [1.29, 1.82) is 0 Å². The van der Waals surface area contributed by atoms with Crippen molar-refractivity contribution in [1.82, 2.24) is 0 Å². The Kier molecular flexibility index (Phi) is 10.2. The minimum absolute atomic E-state index is 0.132. The topological polar surface area (TPSA) is 188 Å². The standard InChI is InChI=1S/C26H26N4O10/c1-37-19-11-17(25(31)21(13-19)29(33)34)15-27-7-9-39-23-5-3-4-6-24(23)40-10-8-28-16-18-12-20(38-2)14-22(26(18)32)30(35)36/h3-6,11-16,31-32H,7-10H2,1-2H3. The van der Waals surface area contributed by atoms with E-state index in [-0.39, 0.29) is 48.9 Å². The molecule has 2 N–H and O–H groups in total. The van der Waals surface area contributed by atoms with Crippen molar-refractivity contribution < 1.29 is 39.0 Å². The molecule has 0 aliphatic rings. The molecule has 14 heteroatoms. The van der Waals surface area contributed by atoms with Gasteiger partial charge in [-0.1, -0.05) is 12.1 Å². The maximum Gasteiger partial charge on any atom is 0.315 e. The van der Waals surface area contributed by atoms with E-state index in [4.69, 9.17) is 18.9 Å². The number of aliphatic imine (C=N–C) groups is 2. The second-order valence-electron chi connectivity index (χ2n) is 7.90. The lowest BCUT2D eigenvalue weighted by atomic mass is 10.1. The first-order chi connectivity index (χ1) is 19.2. The Labute approximate surface area is 228 Å². The third kappa shape index (κ3) is 7.56. The van der Waals surface area contributed by atoms with E-state index in [0.29, 0.717) is 11.5 Å². The molecule has 0 heterocycles. The Morgan fingerprint density at radius 1 is 0.750 bits per heavy atom. The third-order valence-corrected chi connectivity index (χ3v) is 5.32. The number of para-hydroxylation sites is 2. The van der Waals surface area contributed by atoms with Gasteiger partial charge in [0.2, 0.25) is 11.5 Å². The molecule has 210 valence electrons. The van der Waals surface area contributed by atoms with Crippen molar-refractivity contribution in [3.8, 4) is 34.5 Å². The largest absolute Gasteiger partial charge is 0.502 e. The molecule has 3 rings (SSSR count). The number of nitrogens with zero attached hydrogens (tertiary/aromatic N) is 4. The van der Waals surface area contributed by atoms with Crippen LogP contribution in [0.15, 0.2) is 58.5 Å². The summed E-state index contributed by atoms with van der Waals surface area (Å²) in [5, 5.41) is 42.5. The Bertz CT molecular complexity index is 1320. The van der Waals surface area contributed by atoms with Crippen LogP contribution in [0.5, 0.6) is 34.5 Å². The van der Waals surface area contributed by atoms with Crippen LogP contribution < -0.4 is 18.9 Å². The van der Waals surface area contributed by atoms with Crippen LogP contribution in [-0.2, 0) is 0 Å². The summed E-state index contributed by atoms with van der Waals surface area (Å²) in [4.78, 5) is 29.1. The summed E-state index contributed by atoms with van der Waals surface area (Å²) in [6, 6.07) is 12.0. The highest BCUT2D eigenvalue weighted by molar-refractivity contribution is 5.87. The molecule has 0 saturated carbocycles. The fourth-order valence-corrected chi connectivity index (χ4v) is 3.37. The summed E-state index contributed by atoms with van der Waals surface area (Å²) in [6.07, 6.45) is 2.59. The van der Waals surface area contributed by atoms with Gasteiger partial charge in [-0.25, -0.2) is 0 Å². The van der Waals surface area contributed by atoms with E-state index in [1.165, 1.54) is 38.8 Å². The fourth-order valence-electron chi connectivity index (χ4n) is 3.37. The lowest BCUT2D eigenvalue weighted by Crippen LogP contribution is -2.06. The highest BCUT2D eigenvalue weighted by Crippen LogP contribution is 2.34. The van der Waals surface area contributed by atoms with Gasteiger partial charge in [0.1, 0.15) is 24.7 Å². The summed E-state index contributed by atoms with van der Waals surface area (Å²) in [5.41, 5.74) is -0.720. The first-order valence-electron chi connectivity index (χ1n) is 11.7. The molecule has 0 aliphatic heterocycles. The average Bonchev–Trinajstić information content (AvgIpc) is 2.94. The second-order valence-corrected chi connectivity index (χ2v) is 7.90. The normalized spacial score (nSPS) is 11.1. The van der Waals surface area contributed by atoms with E-state index in [9.17, 15) is 30.4 Å². The minimum Gasteiger partial charge on any atom is -0.502 e. The quantitative estimate of drug-likeness (QED) is 0.128. The van der Waals surface area contributed by atoms with Crippen molar-refractivity contribution >= 4 is 23.8 Å². The van der Waals surface area contributed by atoms with Gasteiger partial charge in [0, 0.05) is 23.6 Å². The Balaban J connectivity index is 1.55. The van der Waals surface area contributed by atoms with Crippen molar-refractivity contribution in [2.75, 3.05) is 40.5 Å². The summed E-state index contributed by atoms with van der Waals surface area (Å²) in [7, 11) is 2.71. The van der Waals surface area contributed by atoms with E-state index in [0.717, 1.165) is 12.1 Å². The minimum atomic E-state index is -0.713. The molecule has 0 bridgehead atoms. The highest BCUT2D eigenvalue weighted by Gasteiger charge is 2.19. The average molecular weight is 555 g/mol. The van der Waals surface area contributed by atoms with Gasteiger partial charge >= 0.3 is 11.4 Å². The number of benzene rings is 3. The van der Waals surface area contributed by atoms with Gasteiger partial charge in [0.15, 0.2) is 11.5 Å². The number of aromatic hydroxyl groups is 2. The van der Waals surface area contributed by atoms with Crippen LogP contribution in [0.1, 0.15) is 11.1 Å². The van der Waals surface area contributed by atoms with Crippen LogP contribution in [0.3, 0.4) is 0 Å². The zero-order chi connectivity index (χ0) is 29.1. The highest BCUT2D eigenvalue weighted by atomic mass is 16.6. The molecule has 0 radical (unpaired) electrons. The summed E-state index contributed by atoms with van der Waals surface area (Å²) < 4.78 is 21.5. The molecular weight excluding hydrogens is 528 g/mol. The summed E-state index contributed by atoms with van der Waals surface area (Å²) >= 11 is 0. The maximum atomic E-state index is 11.1. The predicted octanol–water partition coefficient (Wildman–Crippen LogP) is 3.93. The number of nitro benzene ring substituents is 2. The molecule has 0 unspecified atom stereocenters. The van der Waals surface area contributed by atoms with Crippen molar-refractivity contribution in [2.45, 2.75) is 0 Å². The van der Waals surface area contributed by atoms with Crippen molar-refractivity contribution in [2.24, 2.45) is 9.98 Å². The number of phenols is 2. The van der Waals surface area contributed by atoms with Crippen molar-refractivity contribution in [3.05, 3.63) is 79.9 Å². The summed E-state index contributed by atoms with van der Waals surface area (Å²) in [5.74, 6) is 0.275. The molecule has 40 heavy (non-hydrogen) atoms. The molecule has 0 atom stereocenters. The molecule has 14 nitrogen and oxygen atoms in total. The second kappa shape index (κ2) is 13.9. The van der Waals surface area contributed by atoms with Crippen LogP contribution in [0.2, 0.25) is 0 Å². The lowest BCUT2D eigenvalue weighted by Gasteiger charge is -2.11. The van der Waals surface area contributed by atoms with E-state index in [1.807, 2.05) is 0 Å². The van der Waals surface area contributed by atoms with Gasteiger partial charge in [-0.05, 0) is 24.3 Å². The number of hydrogen-bond donors (Lipinski definition) is 2. The zero-order valence-corrected chi connectivity index (χ0v) is 21.6. The molecular formula is C26H26N4O10. The number of phenolic OH excluding ortho intramolecular Hbond substituents is 2. The number of rotatable bonds is 14. The molecule has 0 aromatic heterocycles. The Morgan fingerprint density at radius 3 is 1.50 bits per heavy atom. The van der Waals surface area contributed by atoms with Crippen LogP contribution in [-0.4, -0.2) is 73.0 Å². The molecule has 0 spiro atoms. The summed E-state index contributed by atoms with van der Waals surface area (Å²) in [6.45, 7) is 0.657. The van der Waals surface area contributed by atoms with Gasteiger partial charge in [-0.15, -0.1) is 0 Å². The monoisotopic (exact) mass is 554 g/mol. The van der Waals surface area contributed by atoms with Crippen LogP contribution in [0.4, 0.5) is 11.4 Å². The molecule has 0 fully saturated rings. The van der Waals surface area contributed by atoms with Gasteiger partial charge in [-0.3, -0.25) is 30.2 Å². The Morgan fingerprint density at radius 2 is 1.15 bits per heavy atom. The van der Waals surface area contributed by atoms with Gasteiger partial charge in [-0.2, -0.15) is 0 Å². The first-order valence-corrected chi connectivity index (χ1v) is 11.7. The lowest BCUT2D eigenvalue weighted by molar-refractivity contribution is -0.386. The number of hydrogen-bond acceptors (Lipinski definition) is 12. The van der Waals surface area contributed by atoms with Gasteiger partial charge in [0.05, 0.1) is 49.3 Å². The Hall–Kier alpha value is -5.40. The maximum absolute atomic E-state index is 11.1. The van der Waals surface area contributed by atoms with E-state index < -0.39 is 32.7 Å². The predicted molar refractivity (Wildman–Crippen MR) is 145 cm³/mol. The van der Waals surface area contributed by atoms with Crippen molar-refractivity contribution in [3.63, 3.8) is 0 Å². The molecule has 3 aromatic carbocycles. The number of methoxy groups -OCH3 is 2. The molecule has 3 aromatic rings. The van der Waals surface area contributed by atoms with E-state index in [2.05, 4.69) is 9.98 Å². The fraction of sp³-hybridized carbons (Fsp3) is 0.231. The van der Waals surface area contributed by atoms with Crippen LogP contribution >= 0.6 is 0 Å². The SMILES string of the molecule is COc1cc(C=NCCOc2ccccc2OCCN=Cc2cc(OC)cc([N+](=O)[O-])c2O)c(O)c([N+](=O)[O-])c1. The zero-order valence-electron chi connectivity index (χ0n) is 21.6. The van der Waals surface area contributed by atoms with Gasteiger partial charge < -0.3 is 29.2 Å².